The molecule has 0 spiro atoms. The number of carbonyl (C=O) groups excluding carboxylic acids is 1. The lowest BCUT2D eigenvalue weighted by Crippen LogP contribution is -2.67. The van der Waals surface area contributed by atoms with Crippen LogP contribution in [0.1, 0.15) is 31.3 Å². The molecule has 3 aromatic heterocycles. The van der Waals surface area contributed by atoms with Gasteiger partial charge in [-0.25, -0.2) is 9.97 Å². The number of halogens is 1. The molecular weight excluding hydrogens is 716 g/mol. The summed E-state index contributed by atoms with van der Waals surface area (Å²) in [5.41, 5.74) is 2.24. The number of methoxy groups -OCH3 is 1. The predicted octanol–water partition coefficient (Wildman–Crippen LogP) is 7.41. The van der Waals surface area contributed by atoms with Gasteiger partial charge in [-0.15, -0.1) is 23.1 Å². The molecule has 1 amide bonds. The van der Waals surface area contributed by atoms with E-state index in [2.05, 4.69) is 50.4 Å². The Morgan fingerprint density at radius 1 is 0.961 bits per heavy atom. The van der Waals surface area contributed by atoms with Crippen molar-refractivity contribution in [3.05, 3.63) is 117 Å². The number of nitrogens with one attached hydrogen (secondary N) is 1. The summed E-state index contributed by atoms with van der Waals surface area (Å²) in [4.78, 5) is 37.8. The molecule has 0 aliphatic heterocycles. The summed E-state index contributed by atoms with van der Waals surface area (Å²) in [6, 6.07) is 30.1. The number of amides is 1. The predicted molar refractivity (Wildman–Crippen MR) is 213 cm³/mol. The smallest absolute Gasteiger partial charge is 0.269 e. The molecule has 0 atom stereocenters. The molecule has 8 nitrogen and oxygen atoms in total. The Bertz CT molecular complexity index is 2220. The first-order chi connectivity index (χ1) is 24.5. The van der Waals surface area contributed by atoms with Crippen LogP contribution in [0.15, 0.2) is 106 Å². The molecule has 0 saturated carbocycles. The van der Waals surface area contributed by atoms with Crippen molar-refractivity contribution in [2.75, 3.05) is 26.5 Å². The van der Waals surface area contributed by atoms with Crippen LogP contribution in [-0.4, -0.2) is 55.3 Å². The molecule has 0 bridgehead atoms. The highest BCUT2D eigenvalue weighted by Gasteiger charge is 2.50. The Morgan fingerprint density at radius 2 is 1.63 bits per heavy atom. The number of benzene rings is 3. The maximum atomic E-state index is 14.0. The van der Waals surface area contributed by atoms with Gasteiger partial charge in [0.25, 0.3) is 14.2 Å². The molecule has 0 radical (unpaired) electrons. The van der Waals surface area contributed by atoms with E-state index in [9.17, 15) is 9.59 Å². The van der Waals surface area contributed by atoms with Gasteiger partial charge in [-0.1, -0.05) is 99.1 Å². The van der Waals surface area contributed by atoms with Gasteiger partial charge < -0.3 is 19.0 Å². The van der Waals surface area contributed by atoms with Gasteiger partial charge in [-0.3, -0.25) is 9.59 Å². The van der Waals surface area contributed by atoms with Crippen LogP contribution in [0.25, 0.3) is 33.0 Å². The first-order valence-corrected chi connectivity index (χ1v) is 20.8. The minimum absolute atomic E-state index is 0.117. The first-order valence-electron chi connectivity index (χ1n) is 16.4. The number of hydrogen-bond acceptors (Lipinski definition) is 8. The lowest BCUT2D eigenvalue weighted by atomic mass is 10.2. The van der Waals surface area contributed by atoms with Gasteiger partial charge in [-0.2, -0.15) is 0 Å². The maximum Gasteiger partial charge on any atom is 0.269 e. The van der Waals surface area contributed by atoms with Crippen LogP contribution < -0.4 is 25.9 Å². The third kappa shape index (κ3) is 7.01. The second-order valence-corrected chi connectivity index (χ2v) is 19.4. The van der Waals surface area contributed by atoms with Crippen molar-refractivity contribution in [3.8, 4) is 27.8 Å². The Kier molecular flexibility index (Phi) is 10.8. The Labute approximate surface area is 312 Å². The van der Waals surface area contributed by atoms with Gasteiger partial charge in [0.2, 0.25) is 5.43 Å². The topological polar surface area (TPSA) is 95.3 Å². The number of rotatable bonds is 11. The zero-order valence-electron chi connectivity index (χ0n) is 29.3. The number of fused-ring (bicyclic) bond motifs is 1. The number of aromatic nitrogens is 3. The Morgan fingerprint density at radius 3 is 2.24 bits per heavy atom. The summed E-state index contributed by atoms with van der Waals surface area (Å²) in [6.07, 6.45) is 1.78. The monoisotopic (exact) mass is 754 g/mol. The molecule has 1 N–H and O–H groups in total. The van der Waals surface area contributed by atoms with Gasteiger partial charge >= 0.3 is 0 Å². The van der Waals surface area contributed by atoms with Crippen molar-refractivity contribution in [2.24, 2.45) is 7.05 Å². The van der Waals surface area contributed by atoms with Crippen LogP contribution in [0.2, 0.25) is 10.1 Å². The lowest BCUT2D eigenvalue weighted by Gasteiger charge is -2.43. The average molecular weight is 755 g/mol. The second-order valence-electron chi connectivity index (χ2n) is 13.0. The van der Waals surface area contributed by atoms with Crippen molar-refractivity contribution in [1.82, 2.24) is 19.9 Å². The van der Waals surface area contributed by atoms with Gasteiger partial charge in [-0.05, 0) is 45.9 Å². The number of pyridine rings is 2. The molecule has 51 heavy (non-hydrogen) atoms. The molecule has 6 aromatic rings. The number of hydrogen-bond donors (Lipinski definition) is 1. The van der Waals surface area contributed by atoms with Crippen molar-refractivity contribution in [3.63, 3.8) is 0 Å². The van der Waals surface area contributed by atoms with E-state index in [1.165, 1.54) is 30.2 Å². The number of nitrogens with zero attached hydrogens (tertiary/aromatic N) is 3. The molecule has 3 heterocycles. The molecule has 0 aliphatic rings. The SMILES string of the molecule is COc1c(-c2csc(-c3ccc4cc(Cl)ccc4n3)n2)n(C)c(C(=O)NCCO[Si](c2ccccc2)(c2ccccc2)C(C)(C)C)c(SC)c1=O. The zero-order valence-corrected chi connectivity index (χ0v) is 32.7. The van der Waals surface area contributed by atoms with Crippen LogP contribution in [-0.2, 0) is 11.5 Å². The van der Waals surface area contributed by atoms with Gasteiger partial charge in [0.15, 0.2) is 5.75 Å². The Balaban J connectivity index is 1.30. The molecule has 0 fully saturated rings. The molecule has 12 heteroatoms. The number of thiazole rings is 1. The minimum Gasteiger partial charge on any atom is -0.491 e. The Hall–Kier alpha value is -4.26. The van der Waals surface area contributed by atoms with E-state index in [0.717, 1.165) is 21.3 Å². The fourth-order valence-electron chi connectivity index (χ4n) is 6.59. The fourth-order valence-corrected chi connectivity index (χ4v) is 12.8. The lowest BCUT2D eigenvalue weighted by molar-refractivity contribution is 0.0933. The third-order valence-corrected chi connectivity index (χ3v) is 15.8. The number of ether oxygens (including phenoxy) is 1. The molecule has 262 valence electrons. The van der Waals surface area contributed by atoms with Crippen molar-refractivity contribution >= 4 is 70.2 Å². The first kappa shape index (κ1) is 36.5. The maximum absolute atomic E-state index is 14.0. The average Bonchev–Trinajstić information content (AvgIpc) is 3.62. The largest absolute Gasteiger partial charge is 0.491 e. The highest BCUT2D eigenvalue weighted by atomic mass is 35.5. The highest BCUT2D eigenvalue weighted by Crippen LogP contribution is 2.37. The number of carbonyl (C=O) groups is 1. The summed E-state index contributed by atoms with van der Waals surface area (Å²) in [6.45, 7) is 7.17. The minimum atomic E-state index is -2.79. The summed E-state index contributed by atoms with van der Waals surface area (Å²) < 4.78 is 14.3. The van der Waals surface area contributed by atoms with E-state index < -0.39 is 8.32 Å². The normalized spacial score (nSPS) is 11.9. The highest BCUT2D eigenvalue weighted by molar-refractivity contribution is 7.98. The van der Waals surface area contributed by atoms with E-state index in [4.69, 9.17) is 30.7 Å². The summed E-state index contributed by atoms with van der Waals surface area (Å²) in [5.74, 6) is -0.273. The quantitative estimate of drug-likeness (QED) is 0.0837. The van der Waals surface area contributed by atoms with E-state index in [0.29, 0.717) is 27.1 Å². The summed E-state index contributed by atoms with van der Waals surface area (Å²) in [5, 5.41) is 9.23. The van der Waals surface area contributed by atoms with E-state index in [-0.39, 0.29) is 45.9 Å². The molecular formula is C39H39ClN4O4S2Si. The molecule has 6 rings (SSSR count). The molecule has 3 aromatic carbocycles. The van der Waals surface area contributed by atoms with Crippen molar-refractivity contribution in [2.45, 2.75) is 30.7 Å². The van der Waals surface area contributed by atoms with E-state index >= 15 is 0 Å². The van der Waals surface area contributed by atoms with Gasteiger partial charge in [0.05, 0.1) is 29.8 Å². The van der Waals surface area contributed by atoms with Crippen LogP contribution in [0.5, 0.6) is 5.75 Å². The van der Waals surface area contributed by atoms with Crippen molar-refractivity contribution in [1.29, 1.82) is 0 Å². The van der Waals surface area contributed by atoms with Crippen LogP contribution >= 0.6 is 34.7 Å². The third-order valence-electron chi connectivity index (χ3n) is 8.88. The molecule has 0 saturated heterocycles. The van der Waals surface area contributed by atoms with Crippen LogP contribution in [0.4, 0.5) is 0 Å². The zero-order chi connectivity index (χ0) is 36.3. The molecule has 0 unspecified atom stereocenters. The van der Waals surface area contributed by atoms with Crippen LogP contribution in [0, 0.1) is 0 Å². The number of thioether (sulfide) groups is 1. The van der Waals surface area contributed by atoms with Crippen molar-refractivity contribution < 1.29 is 14.0 Å². The van der Waals surface area contributed by atoms with Crippen LogP contribution in [0.3, 0.4) is 0 Å². The standard InChI is InChI=1S/C39H39ClN4O4S2Si/c1-39(2,3)51(27-13-9-7-10-14-27,28-15-11-8-12-16-28)48-22-21-41-37(46)33-36(49-6)34(45)35(47-5)32(44(33)4)31-24-50-38(43-31)30-19-17-25-23-26(40)18-20-29(25)42-30/h7-20,23-24H,21-22H2,1-6H3,(H,41,46). The van der Waals surface area contributed by atoms with E-state index in [1.807, 2.05) is 66.0 Å². The van der Waals surface area contributed by atoms with E-state index in [1.54, 1.807) is 23.9 Å². The summed E-state index contributed by atoms with van der Waals surface area (Å²) >= 11 is 8.77. The summed E-state index contributed by atoms with van der Waals surface area (Å²) in [7, 11) is 0.413. The van der Waals surface area contributed by atoms with Gasteiger partial charge in [0.1, 0.15) is 22.1 Å². The molecule has 0 aliphatic carbocycles. The second kappa shape index (κ2) is 15.1. The fraction of sp³-hybridized carbons (Fsp3) is 0.231. The van der Waals surface area contributed by atoms with Gasteiger partial charge in [0, 0.05) is 29.4 Å².